The number of thioether (sulfide) groups is 1. The summed E-state index contributed by atoms with van der Waals surface area (Å²) in [6.45, 7) is 0.162. The Kier molecular flexibility index (Phi) is 6.38. The number of nitrogens with zero attached hydrogens (tertiary/aromatic N) is 2. The van der Waals surface area contributed by atoms with Crippen molar-refractivity contribution in [2.75, 3.05) is 4.90 Å². The average molecular weight is 511 g/mol. The lowest BCUT2D eigenvalue weighted by Crippen LogP contribution is -2.27. The minimum Gasteiger partial charge on any atom is -0.488 e. The third-order valence-electron chi connectivity index (χ3n) is 4.58. The van der Waals surface area contributed by atoms with Crippen LogP contribution in [0.5, 0.6) is 5.75 Å². The third-order valence-corrected chi connectivity index (χ3v) is 6.07. The Balaban J connectivity index is 1.48. The number of rotatable bonds is 6. The number of ether oxygens (including phenoxy) is 1. The average Bonchev–Trinajstić information content (AvgIpc) is 3.06. The molecule has 0 aliphatic carbocycles. The van der Waals surface area contributed by atoms with E-state index in [1.807, 2.05) is 6.07 Å². The van der Waals surface area contributed by atoms with Crippen LogP contribution >= 0.6 is 27.7 Å². The molecule has 3 aromatic carbocycles. The molecular formula is C23H15BrN2O5S. The van der Waals surface area contributed by atoms with Crippen LogP contribution in [-0.2, 0) is 11.4 Å². The summed E-state index contributed by atoms with van der Waals surface area (Å²) in [5, 5.41) is 10.6. The summed E-state index contributed by atoms with van der Waals surface area (Å²) >= 11 is 4.34. The molecule has 1 aliphatic rings. The number of nitro groups is 1. The summed E-state index contributed by atoms with van der Waals surface area (Å²) in [6.07, 6.45) is 1.66. The van der Waals surface area contributed by atoms with E-state index in [-0.39, 0.29) is 23.4 Å². The molecular weight excluding hydrogens is 496 g/mol. The van der Waals surface area contributed by atoms with Gasteiger partial charge in [0.1, 0.15) is 12.4 Å². The number of imide groups is 1. The highest BCUT2D eigenvalue weighted by Gasteiger charge is 2.36. The van der Waals surface area contributed by atoms with Crippen molar-refractivity contribution in [3.63, 3.8) is 0 Å². The van der Waals surface area contributed by atoms with Crippen LogP contribution in [0, 0.1) is 10.1 Å². The first-order valence-electron chi connectivity index (χ1n) is 9.41. The lowest BCUT2D eigenvalue weighted by molar-refractivity contribution is -0.384. The minimum absolute atomic E-state index is 0.00460. The zero-order valence-corrected chi connectivity index (χ0v) is 18.8. The molecule has 1 heterocycles. The molecule has 0 unspecified atom stereocenters. The monoisotopic (exact) mass is 510 g/mol. The Labute approximate surface area is 196 Å². The number of carbonyl (C=O) groups is 2. The highest BCUT2D eigenvalue weighted by atomic mass is 79.9. The van der Waals surface area contributed by atoms with E-state index in [0.717, 1.165) is 22.2 Å². The molecule has 2 amide bonds. The van der Waals surface area contributed by atoms with Gasteiger partial charge in [0, 0.05) is 12.1 Å². The number of non-ortho nitro benzene ring substituents is 1. The smallest absolute Gasteiger partial charge is 0.298 e. The van der Waals surface area contributed by atoms with Gasteiger partial charge in [0.25, 0.3) is 16.8 Å². The van der Waals surface area contributed by atoms with Gasteiger partial charge in [-0.15, -0.1) is 0 Å². The number of benzene rings is 3. The number of halogens is 1. The predicted octanol–water partition coefficient (Wildman–Crippen LogP) is 6.18. The predicted molar refractivity (Wildman–Crippen MR) is 126 cm³/mol. The molecule has 9 heteroatoms. The van der Waals surface area contributed by atoms with E-state index in [1.54, 1.807) is 60.7 Å². The molecule has 160 valence electrons. The van der Waals surface area contributed by atoms with Crippen molar-refractivity contribution in [1.29, 1.82) is 0 Å². The normalized spacial score (nSPS) is 14.8. The Hall–Kier alpha value is -3.43. The molecule has 1 aliphatic heterocycles. The van der Waals surface area contributed by atoms with Crippen molar-refractivity contribution in [2.45, 2.75) is 6.61 Å². The van der Waals surface area contributed by atoms with Crippen molar-refractivity contribution < 1.29 is 19.2 Å². The van der Waals surface area contributed by atoms with E-state index >= 15 is 0 Å². The standard InChI is InChI=1S/C23H15BrN2O5S/c24-19-12-15(9-10-20(19)31-14-16-5-4-8-18(11-16)26(29)30)13-21-22(27)25(23(28)32-21)17-6-2-1-3-7-17/h1-13H,14H2/b21-13-. The molecule has 0 bridgehead atoms. The zero-order chi connectivity index (χ0) is 22.7. The fourth-order valence-corrected chi connectivity index (χ4v) is 4.42. The fraction of sp³-hybridized carbons (Fsp3) is 0.0435. The van der Waals surface area contributed by atoms with Crippen LogP contribution in [-0.4, -0.2) is 16.1 Å². The number of anilines is 1. The number of hydrogen-bond donors (Lipinski definition) is 0. The molecule has 7 nitrogen and oxygen atoms in total. The summed E-state index contributed by atoms with van der Waals surface area (Å²) in [5.41, 5.74) is 1.93. The quantitative estimate of drug-likeness (QED) is 0.223. The number of amides is 2. The molecule has 0 spiro atoms. The fourth-order valence-electron chi connectivity index (χ4n) is 3.06. The lowest BCUT2D eigenvalue weighted by atomic mass is 10.2. The molecule has 3 aromatic rings. The number of para-hydroxylation sites is 1. The molecule has 32 heavy (non-hydrogen) atoms. The molecule has 0 radical (unpaired) electrons. The second kappa shape index (κ2) is 9.37. The van der Waals surface area contributed by atoms with Gasteiger partial charge in [-0.2, -0.15) is 0 Å². The summed E-state index contributed by atoms with van der Waals surface area (Å²) in [4.78, 5) is 37.0. The first-order chi connectivity index (χ1) is 15.4. The molecule has 1 saturated heterocycles. The van der Waals surface area contributed by atoms with Crippen LogP contribution in [0.25, 0.3) is 6.08 Å². The van der Waals surface area contributed by atoms with E-state index < -0.39 is 4.92 Å². The number of hydrogen-bond acceptors (Lipinski definition) is 6. The highest BCUT2D eigenvalue weighted by molar-refractivity contribution is 9.10. The molecule has 0 N–H and O–H groups in total. The third kappa shape index (κ3) is 4.74. The summed E-state index contributed by atoms with van der Waals surface area (Å²) in [7, 11) is 0. The van der Waals surface area contributed by atoms with Crippen LogP contribution in [0.2, 0.25) is 0 Å². The SMILES string of the molecule is O=C1S/C(=C\c2ccc(OCc3cccc([N+](=O)[O-])c3)c(Br)c2)C(=O)N1c1ccccc1. The van der Waals surface area contributed by atoms with E-state index in [9.17, 15) is 19.7 Å². The number of nitro benzene ring substituents is 1. The van der Waals surface area contributed by atoms with E-state index in [0.29, 0.717) is 26.4 Å². The van der Waals surface area contributed by atoms with Crippen LogP contribution in [0.3, 0.4) is 0 Å². The van der Waals surface area contributed by atoms with Gasteiger partial charge in [-0.3, -0.25) is 19.7 Å². The van der Waals surface area contributed by atoms with Gasteiger partial charge in [-0.1, -0.05) is 36.4 Å². The molecule has 4 rings (SSSR count). The maximum atomic E-state index is 12.7. The van der Waals surface area contributed by atoms with Crippen LogP contribution in [0.1, 0.15) is 11.1 Å². The van der Waals surface area contributed by atoms with Gasteiger partial charge in [-0.25, -0.2) is 4.90 Å². The second-order valence-corrected chi connectivity index (χ2v) is 8.61. The number of carbonyl (C=O) groups excluding carboxylic acids is 2. The van der Waals surface area contributed by atoms with Gasteiger partial charge in [0.2, 0.25) is 0 Å². The first-order valence-corrected chi connectivity index (χ1v) is 11.0. The zero-order valence-electron chi connectivity index (χ0n) is 16.4. The van der Waals surface area contributed by atoms with Crippen molar-refractivity contribution in [3.05, 3.63) is 103 Å². The highest BCUT2D eigenvalue weighted by Crippen LogP contribution is 2.36. The topological polar surface area (TPSA) is 89.7 Å². The summed E-state index contributed by atoms with van der Waals surface area (Å²) < 4.78 is 6.42. The summed E-state index contributed by atoms with van der Waals surface area (Å²) in [5.74, 6) is 0.180. The Morgan fingerprint density at radius 3 is 2.53 bits per heavy atom. The van der Waals surface area contributed by atoms with E-state index in [2.05, 4.69) is 15.9 Å². The van der Waals surface area contributed by atoms with E-state index in [4.69, 9.17) is 4.74 Å². The van der Waals surface area contributed by atoms with Gasteiger partial charge in [-0.05, 0) is 69.2 Å². The maximum Gasteiger partial charge on any atom is 0.298 e. The minimum atomic E-state index is -0.451. The molecule has 1 fully saturated rings. The van der Waals surface area contributed by atoms with Gasteiger partial charge in [0.05, 0.1) is 20.0 Å². The molecule has 0 saturated carbocycles. The molecule has 0 atom stereocenters. The maximum absolute atomic E-state index is 12.7. The first kappa shape index (κ1) is 21.8. The molecule has 0 aromatic heterocycles. The van der Waals surface area contributed by atoms with E-state index in [1.165, 1.54) is 12.1 Å². The van der Waals surface area contributed by atoms with Gasteiger partial charge >= 0.3 is 0 Å². The van der Waals surface area contributed by atoms with Crippen molar-refractivity contribution in [2.24, 2.45) is 0 Å². The van der Waals surface area contributed by atoms with Gasteiger partial charge in [0.15, 0.2) is 0 Å². The van der Waals surface area contributed by atoms with Crippen LogP contribution < -0.4 is 9.64 Å². The summed E-state index contributed by atoms with van der Waals surface area (Å²) in [6, 6.07) is 20.3. The van der Waals surface area contributed by atoms with Crippen molar-refractivity contribution in [1.82, 2.24) is 0 Å². The lowest BCUT2D eigenvalue weighted by Gasteiger charge is -2.11. The van der Waals surface area contributed by atoms with Crippen molar-refractivity contribution in [3.8, 4) is 5.75 Å². The Morgan fingerprint density at radius 1 is 1.03 bits per heavy atom. The van der Waals surface area contributed by atoms with Gasteiger partial charge < -0.3 is 4.74 Å². The van der Waals surface area contributed by atoms with Crippen LogP contribution in [0.15, 0.2) is 82.2 Å². The largest absolute Gasteiger partial charge is 0.488 e. The Bertz CT molecular complexity index is 1250. The van der Waals surface area contributed by atoms with Crippen LogP contribution in [0.4, 0.5) is 16.2 Å². The Morgan fingerprint density at radius 2 is 1.81 bits per heavy atom. The second-order valence-electron chi connectivity index (χ2n) is 6.76. The van der Waals surface area contributed by atoms with Crippen molar-refractivity contribution >= 4 is 56.3 Å².